The first-order valence-electron chi connectivity index (χ1n) is 10.2. The molecule has 4 aromatic rings. The fourth-order valence-corrected chi connectivity index (χ4v) is 4.10. The van der Waals surface area contributed by atoms with Crippen LogP contribution in [0.5, 0.6) is 0 Å². The second-order valence-corrected chi connectivity index (χ2v) is 9.53. The van der Waals surface area contributed by atoms with E-state index in [9.17, 15) is 4.39 Å². The fourth-order valence-electron chi connectivity index (χ4n) is 3.23. The van der Waals surface area contributed by atoms with Crippen LogP contribution in [0.15, 0.2) is 65.8 Å². The molecule has 0 aliphatic heterocycles. The standard InChI is InChI=1S/C24H26FN5S/c1-24(2,3)21-14-20(30(28-21)15-17-10-12-19(25)13-11-17)22-26-27-23(29(22)4)31-16-18-8-6-5-7-9-18/h5-14H,15-16H2,1-4H3. The van der Waals surface area contributed by atoms with Gasteiger partial charge in [0.05, 0.1) is 12.2 Å². The van der Waals surface area contributed by atoms with Crippen LogP contribution in [0.3, 0.4) is 0 Å². The maximum atomic E-state index is 13.3. The smallest absolute Gasteiger partial charge is 0.191 e. The van der Waals surface area contributed by atoms with Crippen molar-refractivity contribution in [2.75, 3.05) is 0 Å². The lowest BCUT2D eigenvalue weighted by atomic mass is 9.92. The largest absolute Gasteiger partial charge is 0.304 e. The van der Waals surface area contributed by atoms with E-state index in [0.29, 0.717) is 6.54 Å². The molecular formula is C24H26FN5S. The van der Waals surface area contributed by atoms with E-state index < -0.39 is 0 Å². The number of rotatable bonds is 6. The van der Waals surface area contributed by atoms with Gasteiger partial charge in [-0.3, -0.25) is 4.68 Å². The maximum Gasteiger partial charge on any atom is 0.191 e. The van der Waals surface area contributed by atoms with E-state index in [2.05, 4.69) is 49.2 Å². The van der Waals surface area contributed by atoms with Crippen molar-refractivity contribution in [3.8, 4) is 11.5 Å². The van der Waals surface area contributed by atoms with Gasteiger partial charge in [0.2, 0.25) is 0 Å². The molecule has 0 unspecified atom stereocenters. The minimum Gasteiger partial charge on any atom is -0.304 e. The Morgan fingerprint density at radius 3 is 2.32 bits per heavy atom. The van der Waals surface area contributed by atoms with Gasteiger partial charge in [0.15, 0.2) is 11.0 Å². The van der Waals surface area contributed by atoms with Gasteiger partial charge in [-0.05, 0) is 29.3 Å². The number of benzene rings is 2. The molecule has 160 valence electrons. The van der Waals surface area contributed by atoms with E-state index in [4.69, 9.17) is 5.10 Å². The Labute approximate surface area is 186 Å². The summed E-state index contributed by atoms with van der Waals surface area (Å²) in [5, 5.41) is 14.6. The van der Waals surface area contributed by atoms with Crippen LogP contribution in [0.4, 0.5) is 4.39 Å². The van der Waals surface area contributed by atoms with Gasteiger partial charge in [-0.2, -0.15) is 5.10 Å². The first-order chi connectivity index (χ1) is 14.8. The summed E-state index contributed by atoms with van der Waals surface area (Å²) in [5.41, 5.74) is 3.99. The summed E-state index contributed by atoms with van der Waals surface area (Å²) in [6.07, 6.45) is 0. The molecule has 0 N–H and O–H groups in total. The van der Waals surface area contributed by atoms with Gasteiger partial charge in [-0.15, -0.1) is 10.2 Å². The third-order valence-electron chi connectivity index (χ3n) is 5.07. The molecule has 0 saturated carbocycles. The number of hydrogen-bond donors (Lipinski definition) is 0. The van der Waals surface area contributed by atoms with E-state index in [-0.39, 0.29) is 11.2 Å². The summed E-state index contributed by atoms with van der Waals surface area (Å²) in [5.74, 6) is 1.35. The number of nitrogens with zero attached hydrogens (tertiary/aromatic N) is 5. The van der Waals surface area contributed by atoms with Gasteiger partial charge in [-0.1, -0.05) is 75.0 Å². The first-order valence-corrected chi connectivity index (χ1v) is 11.2. The summed E-state index contributed by atoms with van der Waals surface area (Å²) >= 11 is 1.66. The molecule has 0 fully saturated rings. The predicted molar refractivity (Wildman–Crippen MR) is 122 cm³/mol. The van der Waals surface area contributed by atoms with Crippen molar-refractivity contribution in [3.05, 3.63) is 83.3 Å². The van der Waals surface area contributed by atoms with Crippen LogP contribution in [-0.2, 0) is 24.8 Å². The normalized spacial score (nSPS) is 11.8. The Kier molecular flexibility index (Phi) is 5.96. The average Bonchev–Trinajstić information content (AvgIpc) is 3.32. The molecule has 0 saturated heterocycles. The topological polar surface area (TPSA) is 48.5 Å². The van der Waals surface area contributed by atoms with Crippen molar-refractivity contribution >= 4 is 11.8 Å². The third kappa shape index (κ3) is 4.88. The highest BCUT2D eigenvalue weighted by Crippen LogP contribution is 2.29. The Bertz CT molecular complexity index is 1160. The summed E-state index contributed by atoms with van der Waals surface area (Å²) in [6, 6.07) is 18.9. The highest BCUT2D eigenvalue weighted by molar-refractivity contribution is 7.98. The van der Waals surface area contributed by atoms with Gasteiger partial charge < -0.3 is 4.57 Å². The van der Waals surface area contributed by atoms with E-state index in [0.717, 1.165) is 33.7 Å². The van der Waals surface area contributed by atoms with Crippen LogP contribution < -0.4 is 0 Å². The quantitative estimate of drug-likeness (QED) is 0.378. The van der Waals surface area contributed by atoms with Crippen LogP contribution in [0.2, 0.25) is 0 Å². The first kappa shape index (κ1) is 21.3. The van der Waals surface area contributed by atoms with Crippen LogP contribution in [0.25, 0.3) is 11.5 Å². The fraction of sp³-hybridized carbons (Fsp3) is 0.292. The van der Waals surface area contributed by atoms with Gasteiger partial charge in [0.25, 0.3) is 0 Å². The summed E-state index contributed by atoms with van der Waals surface area (Å²) in [6.45, 7) is 6.95. The molecule has 4 rings (SSSR count). The third-order valence-corrected chi connectivity index (χ3v) is 6.16. The maximum absolute atomic E-state index is 13.3. The van der Waals surface area contributed by atoms with E-state index in [1.807, 2.05) is 34.5 Å². The van der Waals surface area contributed by atoms with Gasteiger partial charge in [0, 0.05) is 18.2 Å². The molecule has 0 spiro atoms. The zero-order valence-electron chi connectivity index (χ0n) is 18.2. The minimum atomic E-state index is -0.242. The molecule has 7 heteroatoms. The van der Waals surface area contributed by atoms with Gasteiger partial charge >= 0.3 is 0 Å². The van der Waals surface area contributed by atoms with Gasteiger partial charge in [-0.25, -0.2) is 4.39 Å². The van der Waals surface area contributed by atoms with Crippen LogP contribution in [0, 0.1) is 5.82 Å². The lowest BCUT2D eigenvalue weighted by molar-refractivity contribution is 0.545. The Balaban J connectivity index is 1.65. The Hall–Kier alpha value is -2.93. The van der Waals surface area contributed by atoms with E-state index in [1.54, 1.807) is 23.9 Å². The number of halogens is 1. The van der Waals surface area contributed by atoms with Crippen molar-refractivity contribution in [1.82, 2.24) is 24.5 Å². The molecule has 0 atom stereocenters. The monoisotopic (exact) mass is 435 g/mol. The van der Waals surface area contributed by atoms with E-state index in [1.165, 1.54) is 17.7 Å². The molecule has 2 aromatic heterocycles. The molecule has 0 aliphatic carbocycles. The van der Waals surface area contributed by atoms with Crippen molar-refractivity contribution in [2.24, 2.45) is 7.05 Å². The van der Waals surface area contributed by atoms with Crippen molar-refractivity contribution in [3.63, 3.8) is 0 Å². The molecule has 0 amide bonds. The lowest BCUT2D eigenvalue weighted by Crippen LogP contribution is -2.13. The minimum absolute atomic E-state index is 0.105. The summed E-state index contributed by atoms with van der Waals surface area (Å²) < 4.78 is 17.3. The zero-order chi connectivity index (χ0) is 22.0. The Morgan fingerprint density at radius 2 is 1.65 bits per heavy atom. The Morgan fingerprint density at radius 1 is 0.935 bits per heavy atom. The highest BCUT2D eigenvalue weighted by Gasteiger charge is 2.23. The second kappa shape index (κ2) is 8.67. The van der Waals surface area contributed by atoms with Crippen LogP contribution >= 0.6 is 11.8 Å². The molecule has 31 heavy (non-hydrogen) atoms. The van der Waals surface area contributed by atoms with Gasteiger partial charge in [0.1, 0.15) is 11.5 Å². The SMILES string of the molecule is Cn1c(SCc2ccccc2)nnc1-c1cc(C(C)(C)C)nn1Cc1ccc(F)cc1. The van der Waals surface area contributed by atoms with Crippen LogP contribution in [0.1, 0.15) is 37.6 Å². The molecule has 0 radical (unpaired) electrons. The van der Waals surface area contributed by atoms with E-state index >= 15 is 0 Å². The van der Waals surface area contributed by atoms with Crippen molar-refractivity contribution < 1.29 is 4.39 Å². The number of aromatic nitrogens is 5. The number of hydrogen-bond acceptors (Lipinski definition) is 4. The summed E-state index contributed by atoms with van der Waals surface area (Å²) in [7, 11) is 1.98. The molecule has 5 nitrogen and oxygen atoms in total. The second-order valence-electron chi connectivity index (χ2n) is 8.59. The summed E-state index contributed by atoms with van der Waals surface area (Å²) in [4.78, 5) is 0. The molecule has 2 aromatic carbocycles. The average molecular weight is 436 g/mol. The van der Waals surface area contributed by atoms with Crippen LogP contribution in [-0.4, -0.2) is 24.5 Å². The molecule has 2 heterocycles. The molecule has 0 aliphatic rings. The highest BCUT2D eigenvalue weighted by atomic mass is 32.2. The van der Waals surface area contributed by atoms with Crippen molar-refractivity contribution in [2.45, 2.75) is 43.6 Å². The molecular weight excluding hydrogens is 409 g/mol. The zero-order valence-corrected chi connectivity index (χ0v) is 19.0. The predicted octanol–water partition coefficient (Wildman–Crippen LogP) is 5.46. The van der Waals surface area contributed by atoms with Crippen molar-refractivity contribution in [1.29, 1.82) is 0 Å². The number of thioether (sulfide) groups is 1. The molecule has 0 bridgehead atoms. The lowest BCUT2D eigenvalue weighted by Gasteiger charge is -2.14.